The van der Waals surface area contributed by atoms with E-state index in [0.29, 0.717) is 10.7 Å². The van der Waals surface area contributed by atoms with Gasteiger partial charge in [-0.1, -0.05) is 11.6 Å². The first kappa shape index (κ1) is 12.3. The second-order valence-electron chi connectivity index (χ2n) is 3.52. The molecule has 4 N–H and O–H groups in total. The minimum Gasteiger partial charge on any atom is -0.479 e. The molecule has 94 valence electrons. The summed E-state index contributed by atoms with van der Waals surface area (Å²) in [4.78, 5) is 11.3. The van der Waals surface area contributed by atoms with E-state index in [2.05, 4.69) is 5.10 Å². The number of nitrogens with two attached hydrogens (primary N) is 2. The summed E-state index contributed by atoms with van der Waals surface area (Å²) in [6.45, 7) is 0. The molecule has 2 rings (SSSR count). The zero-order valence-corrected chi connectivity index (χ0v) is 10.3. The van der Waals surface area contributed by atoms with Gasteiger partial charge in [-0.15, -0.1) is 5.10 Å². The molecular weight excluding hydrogens is 256 g/mol. The first-order chi connectivity index (χ1) is 8.54. The van der Waals surface area contributed by atoms with Crippen molar-refractivity contribution in [2.45, 2.75) is 0 Å². The Morgan fingerprint density at radius 2 is 2.00 bits per heavy atom. The van der Waals surface area contributed by atoms with E-state index in [0.717, 1.165) is 0 Å². The number of anilines is 1. The predicted octanol–water partition coefficient (Wildman–Crippen LogP) is 1.22. The number of hydrogen-bond donors (Lipinski definition) is 2. The fourth-order valence-electron chi connectivity index (χ4n) is 1.56. The van der Waals surface area contributed by atoms with Gasteiger partial charge in [-0.25, -0.2) is 4.68 Å². The van der Waals surface area contributed by atoms with Gasteiger partial charge in [0, 0.05) is 5.02 Å². The lowest BCUT2D eigenvalue weighted by atomic mass is 10.3. The molecule has 1 aromatic carbocycles. The van der Waals surface area contributed by atoms with E-state index in [-0.39, 0.29) is 17.3 Å². The smallest absolute Gasteiger partial charge is 0.258 e. The van der Waals surface area contributed by atoms with Crippen LogP contribution in [0.15, 0.2) is 24.3 Å². The van der Waals surface area contributed by atoms with Crippen molar-refractivity contribution in [3.05, 3.63) is 34.9 Å². The van der Waals surface area contributed by atoms with Crippen LogP contribution in [0.5, 0.6) is 5.88 Å². The van der Waals surface area contributed by atoms with Gasteiger partial charge < -0.3 is 16.2 Å². The quantitative estimate of drug-likeness (QED) is 0.873. The monoisotopic (exact) mass is 266 g/mol. The Morgan fingerprint density at radius 1 is 1.39 bits per heavy atom. The number of amides is 1. The van der Waals surface area contributed by atoms with E-state index in [4.69, 9.17) is 27.8 Å². The van der Waals surface area contributed by atoms with Crippen LogP contribution in [-0.2, 0) is 0 Å². The molecule has 0 aliphatic rings. The second-order valence-corrected chi connectivity index (χ2v) is 3.96. The lowest BCUT2D eigenvalue weighted by Crippen LogP contribution is -2.14. The van der Waals surface area contributed by atoms with Crippen molar-refractivity contribution < 1.29 is 9.53 Å². The number of carbonyl (C=O) groups is 1. The number of primary amides is 1. The molecule has 7 heteroatoms. The van der Waals surface area contributed by atoms with Gasteiger partial charge in [0.1, 0.15) is 11.4 Å². The maximum atomic E-state index is 11.3. The number of rotatable bonds is 3. The van der Waals surface area contributed by atoms with Crippen molar-refractivity contribution in [3.8, 4) is 11.6 Å². The number of methoxy groups -OCH3 is 1. The van der Waals surface area contributed by atoms with Crippen molar-refractivity contribution in [2.75, 3.05) is 12.8 Å². The summed E-state index contributed by atoms with van der Waals surface area (Å²) in [5.41, 5.74) is 11.8. The van der Waals surface area contributed by atoms with Gasteiger partial charge in [-0.05, 0) is 24.3 Å². The molecule has 0 fully saturated rings. The summed E-state index contributed by atoms with van der Waals surface area (Å²) in [5, 5.41) is 4.66. The summed E-state index contributed by atoms with van der Waals surface area (Å²) in [6.07, 6.45) is 0. The molecule has 0 spiro atoms. The van der Waals surface area contributed by atoms with E-state index >= 15 is 0 Å². The fraction of sp³-hybridized carbons (Fsp3) is 0.0909. The SMILES string of the molecule is COc1nn(-c2ccc(Cl)cc2)c(N)c1C(N)=O. The van der Waals surface area contributed by atoms with Crippen molar-refractivity contribution >= 4 is 23.3 Å². The Bertz CT molecular complexity index is 592. The summed E-state index contributed by atoms with van der Waals surface area (Å²) in [5.74, 6) is -0.471. The van der Waals surface area contributed by atoms with Gasteiger partial charge in [0.25, 0.3) is 5.91 Å². The molecule has 1 aromatic heterocycles. The molecule has 6 nitrogen and oxygen atoms in total. The minimum absolute atomic E-state index is 0.0625. The molecule has 18 heavy (non-hydrogen) atoms. The van der Waals surface area contributed by atoms with Crippen LogP contribution in [0.4, 0.5) is 5.82 Å². The molecule has 0 saturated heterocycles. The number of halogens is 1. The van der Waals surface area contributed by atoms with Gasteiger partial charge in [-0.3, -0.25) is 4.79 Å². The lowest BCUT2D eigenvalue weighted by molar-refractivity contribution is 0.0998. The number of benzene rings is 1. The highest BCUT2D eigenvalue weighted by molar-refractivity contribution is 6.30. The van der Waals surface area contributed by atoms with Crippen molar-refractivity contribution in [1.82, 2.24) is 9.78 Å². The maximum absolute atomic E-state index is 11.3. The van der Waals surface area contributed by atoms with Crippen LogP contribution in [0.2, 0.25) is 5.02 Å². The van der Waals surface area contributed by atoms with E-state index < -0.39 is 5.91 Å². The predicted molar refractivity (Wildman–Crippen MR) is 68.1 cm³/mol. The third kappa shape index (κ3) is 1.98. The Labute approximate surface area is 108 Å². The molecule has 0 unspecified atom stereocenters. The summed E-state index contributed by atoms with van der Waals surface area (Å²) in [6, 6.07) is 6.81. The fourth-order valence-corrected chi connectivity index (χ4v) is 1.69. The van der Waals surface area contributed by atoms with Crippen LogP contribution in [0.25, 0.3) is 5.69 Å². The van der Waals surface area contributed by atoms with E-state index in [1.54, 1.807) is 24.3 Å². The lowest BCUT2D eigenvalue weighted by Gasteiger charge is -2.03. The molecule has 1 heterocycles. The number of aromatic nitrogens is 2. The molecule has 0 aliphatic carbocycles. The van der Waals surface area contributed by atoms with Gasteiger partial charge in [-0.2, -0.15) is 0 Å². The molecule has 1 amide bonds. The summed E-state index contributed by atoms with van der Waals surface area (Å²) >= 11 is 5.79. The van der Waals surface area contributed by atoms with Crippen molar-refractivity contribution in [3.63, 3.8) is 0 Å². The number of hydrogen-bond acceptors (Lipinski definition) is 4. The first-order valence-electron chi connectivity index (χ1n) is 5.03. The van der Waals surface area contributed by atoms with Crippen molar-refractivity contribution in [1.29, 1.82) is 0 Å². The highest BCUT2D eigenvalue weighted by atomic mass is 35.5. The van der Waals surface area contributed by atoms with Gasteiger partial charge in [0.05, 0.1) is 12.8 Å². The molecule has 0 radical (unpaired) electrons. The topological polar surface area (TPSA) is 96.2 Å². The van der Waals surface area contributed by atoms with Gasteiger partial charge in [0.15, 0.2) is 0 Å². The maximum Gasteiger partial charge on any atom is 0.258 e. The minimum atomic E-state index is -0.690. The van der Waals surface area contributed by atoms with Crippen molar-refractivity contribution in [2.24, 2.45) is 5.73 Å². The molecular formula is C11H11ClN4O2. The third-order valence-electron chi connectivity index (χ3n) is 2.40. The number of ether oxygens (including phenoxy) is 1. The number of nitrogens with zero attached hydrogens (tertiary/aromatic N) is 2. The average Bonchev–Trinajstić information content (AvgIpc) is 2.67. The second kappa shape index (κ2) is 4.58. The van der Waals surface area contributed by atoms with Crippen LogP contribution in [0, 0.1) is 0 Å². The van der Waals surface area contributed by atoms with Crippen LogP contribution in [0.3, 0.4) is 0 Å². The largest absolute Gasteiger partial charge is 0.479 e. The van der Waals surface area contributed by atoms with E-state index in [1.165, 1.54) is 11.8 Å². The average molecular weight is 267 g/mol. The van der Waals surface area contributed by atoms with E-state index in [9.17, 15) is 4.79 Å². The molecule has 0 saturated carbocycles. The Balaban J connectivity index is 2.59. The molecule has 2 aromatic rings. The number of carbonyl (C=O) groups excluding carboxylic acids is 1. The molecule has 0 aliphatic heterocycles. The first-order valence-corrected chi connectivity index (χ1v) is 5.40. The third-order valence-corrected chi connectivity index (χ3v) is 2.65. The van der Waals surface area contributed by atoms with Crippen LogP contribution in [-0.4, -0.2) is 22.8 Å². The standard InChI is InChI=1S/C11H11ClN4O2/c1-18-11-8(10(14)17)9(13)16(15-11)7-4-2-6(12)3-5-7/h2-5H,13H2,1H3,(H2,14,17). The Morgan fingerprint density at radius 3 is 2.44 bits per heavy atom. The number of nitrogen functional groups attached to an aromatic ring is 1. The summed E-state index contributed by atoms with van der Waals surface area (Å²) < 4.78 is 6.34. The highest BCUT2D eigenvalue weighted by Gasteiger charge is 2.21. The Kier molecular flexibility index (Phi) is 3.12. The van der Waals surface area contributed by atoms with E-state index in [1.807, 2.05) is 0 Å². The van der Waals surface area contributed by atoms with Gasteiger partial charge >= 0.3 is 0 Å². The van der Waals surface area contributed by atoms with Crippen LogP contribution < -0.4 is 16.2 Å². The zero-order chi connectivity index (χ0) is 13.3. The van der Waals surface area contributed by atoms with Crippen LogP contribution in [0.1, 0.15) is 10.4 Å². The highest BCUT2D eigenvalue weighted by Crippen LogP contribution is 2.26. The van der Waals surface area contributed by atoms with Crippen LogP contribution >= 0.6 is 11.6 Å². The summed E-state index contributed by atoms with van der Waals surface area (Å²) in [7, 11) is 1.39. The molecule has 0 bridgehead atoms. The normalized spacial score (nSPS) is 10.3. The zero-order valence-electron chi connectivity index (χ0n) is 9.55. The van der Waals surface area contributed by atoms with Gasteiger partial charge in [0.2, 0.25) is 5.88 Å². The molecule has 0 atom stereocenters. The Hall–Kier alpha value is -2.21.